The monoisotopic (exact) mass is 499 g/mol. The van der Waals surface area contributed by atoms with E-state index in [9.17, 15) is 39.6 Å². The molecule has 0 unspecified atom stereocenters. The summed E-state index contributed by atoms with van der Waals surface area (Å²) in [6.07, 6.45) is -6.22. The van der Waals surface area contributed by atoms with Crippen molar-refractivity contribution in [2.24, 2.45) is 0 Å². The Morgan fingerprint density at radius 3 is 2.13 bits per heavy atom. The zero-order valence-electron chi connectivity index (χ0n) is 14.4. The highest BCUT2D eigenvalue weighted by Gasteiger charge is 2.51. The van der Waals surface area contributed by atoms with Crippen LogP contribution < -0.4 is 5.32 Å². The smallest absolute Gasteiger partial charge is 0.450 e. The molecule has 1 aromatic heterocycles. The first-order valence-electron chi connectivity index (χ1n) is 7.51. The van der Waals surface area contributed by atoms with Gasteiger partial charge in [0.25, 0.3) is 9.84 Å². The predicted molar refractivity (Wildman–Crippen MR) is 92.9 cm³/mol. The Morgan fingerprint density at radius 1 is 1.17 bits per heavy atom. The van der Waals surface area contributed by atoms with Crippen LogP contribution in [0, 0.1) is 0 Å². The number of sulfone groups is 1. The highest BCUT2D eigenvalue weighted by molar-refractivity contribution is 7.92. The van der Waals surface area contributed by atoms with Gasteiger partial charge in [-0.15, -0.1) is 0 Å². The first kappa shape index (κ1) is 24.1. The van der Waals surface area contributed by atoms with Gasteiger partial charge in [0, 0.05) is 5.56 Å². The van der Waals surface area contributed by atoms with Crippen LogP contribution in [0.25, 0.3) is 11.3 Å². The molecule has 0 spiro atoms. The number of hydrogen-bond donors (Lipinski definition) is 2. The van der Waals surface area contributed by atoms with Gasteiger partial charge in [-0.05, 0) is 19.1 Å². The van der Waals surface area contributed by atoms with E-state index in [1.54, 1.807) is 5.32 Å². The lowest BCUT2D eigenvalue weighted by Crippen LogP contribution is -2.25. The maximum Gasteiger partial charge on any atom is 0.502 e. The van der Waals surface area contributed by atoms with Crippen molar-refractivity contribution in [3.05, 3.63) is 27.7 Å². The quantitative estimate of drug-likeness (QED) is 0.558. The van der Waals surface area contributed by atoms with Gasteiger partial charge in [0.15, 0.2) is 5.82 Å². The number of hydrogen-bond acceptors (Lipinski definition) is 5. The Bertz CT molecular complexity index is 1060. The number of halogens is 8. The van der Waals surface area contributed by atoms with Crippen LogP contribution in [0.2, 0.25) is 10.0 Å². The van der Waals surface area contributed by atoms with E-state index in [2.05, 4.69) is 9.84 Å². The van der Waals surface area contributed by atoms with E-state index in [0.29, 0.717) is 12.1 Å². The SMILES string of the molecule is CCOC(=O)Nc1[nH]nc(-c2c(Cl)cc(C(F)(F)F)cc2Cl)c1S(=O)(=O)C(F)(F)F. The molecule has 0 fully saturated rings. The van der Waals surface area contributed by atoms with E-state index in [0.717, 1.165) is 0 Å². The fourth-order valence-electron chi connectivity index (χ4n) is 2.20. The first-order chi connectivity index (χ1) is 13.6. The van der Waals surface area contributed by atoms with Crippen molar-refractivity contribution in [2.75, 3.05) is 11.9 Å². The van der Waals surface area contributed by atoms with Gasteiger partial charge in [0.2, 0.25) is 0 Å². The Labute approximate surface area is 174 Å². The molecule has 166 valence electrons. The van der Waals surface area contributed by atoms with E-state index in [1.165, 1.54) is 6.92 Å². The molecule has 1 heterocycles. The van der Waals surface area contributed by atoms with E-state index < -0.39 is 65.2 Å². The molecule has 1 aromatic carbocycles. The molecule has 2 N–H and O–H groups in total. The maximum atomic E-state index is 13.2. The molecule has 0 saturated heterocycles. The first-order valence-corrected chi connectivity index (χ1v) is 9.75. The minimum absolute atomic E-state index is 0.204. The molecule has 0 radical (unpaired) electrons. The highest BCUT2D eigenvalue weighted by Crippen LogP contribution is 2.45. The number of aromatic amines is 1. The summed E-state index contributed by atoms with van der Waals surface area (Å²) in [7, 11) is -6.18. The van der Waals surface area contributed by atoms with Crippen LogP contribution in [0.5, 0.6) is 0 Å². The van der Waals surface area contributed by atoms with Crippen molar-refractivity contribution in [2.45, 2.75) is 23.5 Å². The summed E-state index contributed by atoms with van der Waals surface area (Å²) in [6, 6.07) is 0.666. The third-order valence-corrected chi connectivity index (χ3v) is 5.54. The average molecular weight is 500 g/mol. The molecule has 2 aromatic rings. The van der Waals surface area contributed by atoms with Crippen LogP contribution in [0.15, 0.2) is 17.0 Å². The summed E-state index contributed by atoms with van der Waals surface area (Å²) in [5, 5.41) is 5.30. The number of H-pyrrole nitrogens is 1. The highest BCUT2D eigenvalue weighted by atomic mass is 35.5. The van der Waals surface area contributed by atoms with Crippen LogP contribution in [0.1, 0.15) is 12.5 Å². The number of carbonyl (C=O) groups is 1. The van der Waals surface area contributed by atoms with Gasteiger partial charge in [-0.1, -0.05) is 23.2 Å². The Hall–Kier alpha value is -2.19. The van der Waals surface area contributed by atoms with Crippen LogP contribution in [-0.2, 0) is 20.8 Å². The van der Waals surface area contributed by atoms with Crippen LogP contribution >= 0.6 is 23.2 Å². The molecule has 0 bridgehead atoms. The summed E-state index contributed by atoms with van der Waals surface area (Å²) < 4.78 is 107. The van der Waals surface area contributed by atoms with Crippen molar-refractivity contribution in [1.29, 1.82) is 0 Å². The molecule has 0 atom stereocenters. The molecule has 0 aliphatic heterocycles. The van der Waals surface area contributed by atoms with Gasteiger partial charge >= 0.3 is 17.8 Å². The predicted octanol–water partition coefficient (Wildman–Crippen LogP) is 5.26. The zero-order chi connectivity index (χ0) is 23.1. The van der Waals surface area contributed by atoms with Crippen molar-refractivity contribution in [3.8, 4) is 11.3 Å². The normalized spacial score (nSPS) is 12.7. The number of ether oxygens (including phenoxy) is 1. The third-order valence-electron chi connectivity index (χ3n) is 3.40. The standard InChI is InChI=1S/C14H9Cl2F6N3O4S/c1-2-29-12(26)23-11-10(30(27,28)14(20,21)22)9(24-25-11)8-6(15)3-5(4-7(8)16)13(17,18)19/h3-4H,2H2,1H3,(H2,23,24,25,26). The van der Waals surface area contributed by atoms with Gasteiger partial charge in [-0.2, -0.15) is 31.4 Å². The van der Waals surface area contributed by atoms with Crippen molar-refractivity contribution in [1.82, 2.24) is 10.2 Å². The second-order valence-electron chi connectivity index (χ2n) is 5.38. The molecular formula is C14H9Cl2F6N3O4S. The topological polar surface area (TPSA) is 101 Å². The molecule has 7 nitrogen and oxygen atoms in total. The summed E-state index contributed by atoms with van der Waals surface area (Å²) in [5.74, 6) is -1.05. The van der Waals surface area contributed by atoms with Gasteiger partial charge in [0.05, 0.1) is 22.2 Å². The van der Waals surface area contributed by atoms with E-state index in [-0.39, 0.29) is 6.61 Å². The van der Waals surface area contributed by atoms with E-state index in [1.807, 2.05) is 5.10 Å². The maximum absolute atomic E-state index is 13.2. The summed E-state index contributed by atoms with van der Waals surface area (Å²) >= 11 is 11.5. The summed E-state index contributed by atoms with van der Waals surface area (Å²) in [6.45, 7) is 1.16. The number of aromatic nitrogens is 2. The number of carbonyl (C=O) groups excluding carboxylic acids is 1. The molecule has 0 saturated carbocycles. The fourth-order valence-corrected chi connectivity index (χ4v) is 3.86. The minimum atomic E-state index is -6.18. The van der Waals surface area contributed by atoms with Crippen LogP contribution in [0.4, 0.5) is 37.0 Å². The number of nitrogens with zero attached hydrogens (tertiary/aromatic N) is 1. The van der Waals surface area contributed by atoms with Gasteiger partial charge < -0.3 is 4.74 Å². The average Bonchev–Trinajstić information content (AvgIpc) is 2.96. The number of nitrogens with one attached hydrogen (secondary N) is 2. The van der Waals surface area contributed by atoms with Gasteiger partial charge in [0.1, 0.15) is 10.6 Å². The molecule has 0 aliphatic carbocycles. The van der Waals surface area contributed by atoms with Crippen molar-refractivity contribution < 1.29 is 44.3 Å². The molecule has 0 aliphatic rings. The lowest BCUT2D eigenvalue weighted by molar-refractivity contribution is -0.137. The van der Waals surface area contributed by atoms with Gasteiger partial charge in [-0.3, -0.25) is 10.4 Å². The Balaban J connectivity index is 2.79. The lowest BCUT2D eigenvalue weighted by atomic mass is 10.1. The van der Waals surface area contributed by atoms with E-state index in [4.69, 9.17) is 23.2 Å². The van der Waals surface area contributed by atoms with Crippen molar-refractivity contribution >= 4 is 45.0 Å². The largest absolute Gasteiger partial charge is 0.502 e. The van der Waals surface area contributed by atoms with Crippen LogP contribution in [0.3, 0.4) is 0 Å². The third kappa shape index (κ3) is 4.59. The number of benzene rings is 1. The zero-order valence-corrected chi connectivity index (χ0v) is 16.7. The molecular weight excluding hydrogens is 491 g/mol. The molecule has 30 heavy (non-hydrogen) atoms. The van der Waals surface area contributed by atoms with Crippen molar-refractivity contribution in [3.63, 3.8) is 0 Å². The molecule has 1 amide bonds. The number of alkyl halides is 6. The second-order valence-corrected chi connectivity index (χ2v) is 8.08. The van der Waals surface area contributed by atoms with E-state index >= 15 is 0 Å². The molecule has 16 heteroatoms. The Morgan fingerprint density at radius 2 is 1.70 bits per heavy atom. The molecule has 2 rings (SSSR count). The van der Waals surface area contributed by atoms with Crippen LogP contribution in [-0.4, -0.2) is 36.8 Å². The van der Waals surface area contributed by atoms with Gasteiger partial charge in [-0.25, -0.2) is 13.2 Å². The minimum Gasteiger partial charge on any atom is -0.450 e. The summed E-state index contributed by atoms with van der Waals surface area (Å²) in [5.41, 5.74) is -8.98. The summed E-state index contributed by atoms with van der Waals surface area (Å²) in [4.78, 5) is 9.94. The fraction of sp³-hybridized carbons (Fsp3) is 0.286. The number of anilines is 1. The number of amides is 1. The number of rotatable bonds is 4. The second kappa shape index (κ2) is 8.15. The lowest BCUT2D eigenvalue weighted by Gasteiger charge is -2.14. The Kier molecular flexibility index (Phi) is 6.54.